The van der Waals surface area contributed by atoms with Gasteiger partial charge in [-0.25, -0.2) is 4.98 Å². The fraction of sp³-hybridized carbons (Fsp3) is 0.296. The van der Waals surface area contributed by atoms with Crippen LogP contribution in [0.4, 0.5) is 5.69 Å². The number of nitrogens with one attached hydrogen (secondary N) is 1. The highest BCUT2D eigenvalue weighted by Crippen LogP contribution is 2.37. The van der Waals surface area contributed by atoms with Crippen molar-refractivity contribution in [2.75, 3.05) is 11.1 Å². The molecule has 1 atom stereocenters. The average molecular weight is 490 g/mol. The summed E-state index contributed by atoms with van der Waals surface area (Å²) in [4.78, 5) is 33.5. The Morgan fingerprint density at radius 1 is 1.18 bits per heavy atom. The first-order chi connectivity index (χ1) is 16.4. The molecule has 0 bridgehead atoms. The molecular formula is C27H27N3O2S2. The van der Waals surface area contributed by atoms with E-state index in [4.69, 9.17) is 4.98 Å². The minimum absolute atomic E-state index is 0.0414. The summed E-state index contributed by atoms with van der Waals surface area (Å²) in [7, 11) is 0. The van der Waals surface area contributed by atoms with Crippen molar-refractivity contribution in [1.29, 1.82) is 0 Å². The van der Waals surface area contributed by atoms with Gasteiger partial charge in [-0.2, -0.15) is 0 Å². The highest BCUT2D eigenvalue weighted by atomic mass is 32.2. The van der Waals surface area contributed by atoms with Gasteiger partial charge in [0.25, 0.3) is 5.56 Å². The zero-order valence-corrected chi connectivity index (χ0v) is 21.2. The number of hydrogen-bond donors (Lipinski definition) is 1. The van der Waals surface area contributed by atoms with Gasteiger partial charge in [0.15, 0.2) is 5.16 Å². The van der Waals surface area contributed by atoms with E-state index in [0.29, 0.717) is 11.1 Å². The minimum atomic E-state index is -0.124. The molecular weight excluding hydrogens is 462 g/mol. The van der Waals surface area contributed by atoms with Crippen LogP contribution in [0.5, 0.6) is 0 Å². The highest BCUT2D eigenvalue weighted by Gasteiger charge is 2.25. The predicted octanol–water partition coefficient (Wildman–Crippen LogP) is 5.92. The van der Waals surface area contributed by atoms with Crippen molar-refractivity contribution in [3.63, 3.8) is 0 Å². The van der Waals surface area contributed by atoms with Crippen molar-refractivity contribution in [2.45, 2.75) is 45.2 Å². The molecule has 5 rings (SSSR count). The van der Waals surface area contributed by atoms with Crippen LogP contribution in [0.15, 0.2) is 58.5 Å². The van der Waals surface area contributed by atoms with Gasteiger partial charge in [-0.05, 0) is 80.0 Å². The maximum absolute atomic E-state index is 13.8. The lowest BCUT2D eigenvalue weighted by molar-refractivity contribution is -0.113. The van der Waals surface area contributed by atoms with E-state index >= 15 is 0 Å². The number of rotatable bonds is 5. The summed E-state index contributed by atoms with van der Waals surface area (Å²) in [5.41, 5.74) is 4.99. The van der Waals surface area contributed by atoms with Crippen molar-refractivity contribution < 1.29 is 4.79 Å². The number of thioether (sulfide) groups is 1. The molecule has 4 aromatic rings. The molecule has 0 spiro atoms. The predicted molar refractivity (Wildman–Crippen MR) is 142 cm³/mol. The molecule has 0 radical (unpaired) electrons. The van der Waals surface area contributed by atoms with Gasteiger partial charge < -0.3 is 5.32 Å². The van der Waals surface area contributed by atoms with Gasteiger partial charge in [0.05, 0.1) is 16.8 Å². The van der Waals surface area contributed by atoms with Gasteiger partial charge in [0, 0.05) is 10.6 Å². The number of hydrogen-bond acceptors (Lipinski definition) is 5. The number of nitrogens with zero attached hydrogens (tertiary/aromatic N) is 2. The van der Waals surface area contributed by atoms with E-state index in [-0.39, 0.29) is 17.2 Å². The lowest BCUT2D eigenvalue weighted by Gasteiger charge is -2.17. The molecule has 2 aromatic carbocycles. The normalized spacial score (nSPS) is 15.3. The van der Waals surface area contributed by atoms with Crippen molar-refractivity contribution in [1.82, 2.24) is 9.55 Å². The number of benzene rings is 2. The third-order valence-electron chi connectivity index (χ3n) is 6.44. The van der Waals surface area contributed by atoms with Crippen LogP contribution >= 0.6 is 23.1 Å². The third kappa shape index (κ3) is 4.42. The van der Waals surface area contributed by atoms with Crippen molar-refractivity contribution in [2.24, 2.45) is 5.92 Å². The summed E-state index contributed by atoms with van der Waals surface area (Å²) in [6.45, 7) is 6.34. The largest absolute Gasteiger partial charge is 0.325 e. The minimum Gasteiger partial charge on any atom is -0.325 e. The summed E-state index contributed by atoms with van der Waals surface area (Å²) in [6.07, 6.45) is 3.02. The number of aryl methyl sites for hydroxylation is 3. The third-order valence-corrected chi connectivity index (χ3v) is 8.52. The number of carbonyl (C=O) groups excluding carboxylic acids is 1. The maximum Gasteiger partial charge on any atom is 0.267 e. The van der Waals surface area contributed by atoms with Crippen molar-refractivity contribution in [3.8, 4) is 5.69 Å². The summed E-state index contributed by atoms with van der Waals surface area (Å²) in [5.74, 6) is 0.668. The van der Waals surface area contributed by atoms with Crippen molar-refractivity contribution >= 4 is 44.9 Å². The van der Waals surface area contributed by atoms with E-state index < -0.39 is 0 Å². The molecule has 2 heterocycles. The molecule has 0 aliphatic heterocycles. The van der Waals surface area contributed by atoms with Gasteiger partial charge in [-0.3, -0.25) is 14.2 Å². The fourth-order valence-electron chi connectivity index (χ4n) is 4.42. The van der Waals surface area contributed by atoms with Gasteiger partial charge in [-0.1, -0.05) is 43.0 Å². The van der Waals surface area contributed by atoms with E-state index in [1.54, 1.807) is 15.9 Å². The molecule has 0 saturated heterocycles. The topological polar surface area (TPSA) is 64.0 Å². The quantitative estimate of drug-likeness (QED) is 0.279. The Morgan fingerprint density at radius 2 is 1.97 bits per heavy atom. The lowest BCUT2D eigenvalue weighted by atomic mass is 9.89. The Labute approximate surface area is 207 Å². The van der Waals surface area contributed by atoms with E-state index in [1.165, 1.54) is 27.8 Å². The molecule has 0 fully saturated rings. The Balaban J connectivity index is 1.50. The van der Waals surface area contributed by atoms with Gasteiger partial charge >= 0.3 is 0 Å². The molecule has 0 unspecified atom stereocenters. The van der Waals surface area contributed by atoms with Gasteiger partial charge in [0.2, 0.25) is 5.91 Å². The smallest absolute Gasteiger partial charge is 0.267 e. The number of aromatic nitrogens is 2. The highest BCUT2D eigenvalue weighted by molar-refractivity contribution is 7.99. The maximum atomic E-state index is 13.8. The summed E-state index contributed by atoms with van der Waals surface area (Å²) in [5, 5.41) is 4.26. The number of fused-ring (bicyclic) bond motifs is 3. The first-order valence-corrected chi connectivity index (χ1v) is 13.3. The van der Waals surface area contributed by atoms with Crippen LogP contribution in [0.1, 0.15) is 34.9 Å². The number of amides is 1. The van der Waals surface area contributed by atoms with Gasteiger partial charge in [0.1, 0.15) is 4.83 Å². The molecule has 174 valence electrons. The molecule has 34 heavy (non-hydrogen) atoms. The first-order valence-electron chi connectivity index (χ1n) is 11.5. The second-order valence-electron chi connectivity index (χ2n) is 9.04. The second-order valence-corrected chi connectivity index (χ2v) is 11.1. The standard InChI is InChI=1S/C27H27N3O2S2/c1-16-9-12-21-22(13-16)34-25-24(21)26(32)30(20-7-5-4-6-8-20)27(29-25)33-15-23(31)28-19-11-10-17(2)18(3)14-19/h4-8,10-11,14,16H,9,12-13,15H2,1-3H3,(H,28,31)/t16-/m1/s1. The Morgan fingerprint density at radius 3 is 2.74 bits per heavy atom. The lowest BCUT2D eigenvalue weighted by Crippen LogP contribution is -2.23. The monoisotopic (exact) mass is 489 g/mol. The zero-order chi connectivity index (χ0) is 23.8. The van der Waals surface area contributed by atoms with Crippen LogP contribution < -0.4 is 10.9 Å². The average Bonchev–Trinajstić information content (AvgIpc) is 3.18. The van der Waals surface area contributed by atoms with Crippen LogP contribution in [0, 0.1) is 19.8 Å². The van der Waals surface area contributed by atoms with Crippen LogP contribution in [0.25, 0.3) is 15.9 Å². The van der Waals surface area contributed by atoms with Crippen LogP contribution in [-0.4, -0.2) is 21.2 Å². The molecule has 1 aliphatic carbocycles. The van der Waals surface area contributed by atoms with E-state index in [1.807, 2.05) is 62.4 Å². The second kappa shape index (κ2) is 9.39. The number of anilines is 1. The SMILES string of the molecule is Cc1ccc(NC(=O)CSc2nc3sc4c(c3c(=O)n2-c2ccccc2)CC[C@@H](C)C4)cc1C. The van der Waals surface area contributed by atoms with Crippen molar-refractivity contribution in [3.05, 3.63) is 80.5 Å². The molecule has 1 N–H and O–H groups in total. The first kappa shape index (κ1) is 22.9. The van der Waals surface area contributed by atoms with Crippen LogP contribution in [0.2, 0.25) is 0 Å². The van der Waals surface area contributed by atoms with Gasteiger partial charge in [-0.15, -0.1) is 11.3 Å². The number of thiophene rings is 1. The fourth-order valence-corrected chi connectivity index (χ4v) is 6.66. The Hall–Kier alpha value is -2.90. The molecule has 5 nitrogen and oxygen atoms in total. The summed E-state index contributed by atoms with van der Waals surface area (Å²) < 4.78 is 1.67. The zero-order valence-electron chi connectivity index (χ0n) is 19.6. The summed E-state index contributed by atoms with van der Waals surface area (Å²) >= 11 is 2.94. The Bertz CT molecular complexity index is 1440. The number of para-hydroxylation sites is 1. The molecule has 0 saturated carbocycles. The molecule has 2 aromatic heterocycles. The van der Waals surface area contributed by atoms with E-state index in [2.05, 4.69) is 12.2 Å². The van der Waals surface area contributed by atoms with E-state index in [9.17, 15) is 9.59 Å². The van der Waals surface area contributed by atoms with Crippen LogP contribution in [-0.2, 0) is 17.6 Å². The number of carbonyl (C=O) groups is 1. The molecule has 1 aliphatic rings. The molecule has 1 amide bonds. The molecule has 7 heteroatoms. The summed E-state index contributed by atoms with van der Waals surface area (Å²) in [6, 6.07) is 15.5. The van der Waals surface area contributed by atoms with E-state index in [0.717, 1.165) is 46.4 Å². The van der Waals surface area contributed by atoms with Crippen LogP contribution in [0.3, 0.4) is 0 Å². The Kier molecular flexibility index (Phi) is 6.32.